The molecule has 0 aliphatic carbocycles. The minimum absolute atomic E-state index is 0.0483. The molecule has 3 aromatic rings. The number of para-hydroxylation sites is 1. The molecule has 2 amide bonds. The van der Waals surface area contributed by atoms with Crippen molar-refractivity contribution >= 4 is 39.1 Å². The molecule has 0 radical (unpaired) electrons. The van der Waals surface area contributed by atoms with E-state index in [1.807, 2.05) is 0 Å². The molecule has 36 heavy (non-hydrogen) atoms. The van der Waals surface area contributed by atoms with Crippen molar-refractivity contribution < 1.29 is 22.4 Å². The molecule has 10 heteroatoms. The molecule has 0 aliphatic heterocycles. The van der Waals surface area contributed by atoms with Crippen LogP contribution in [0.4, 0.5) is 10.1 Å². The molecule has 0 bridgehead atoms. The van der Waals surface area contributed by atoms with Crippen LogP contribution < -0.4 is 9.62 Å². The fourth-order valence-corrected chi connectivity index (χ4v) is 5.24. The summed E-state index contributed by atoms with van der Waals surface area (Å²) in [5, 5.41) is 3.06. The van der Waals surface area contributed by atoms with Crippen LogP contribution in [0.2, 0.25) is 5.02 Å². The number of sulfonamides is 1. The molecule has 0 heterocycles. The number of carbonyl (C=O) groups excluding carboxylic acids is 2. The van der Waals surface area contributed by atoms with E-state index in [0.717, 1.165) is 10.4 Å². The van der Waals surface area contributed by atoms with Gasteiger partial charge in [-0.3, -0.25) is 13.9 Å². The number of rotatable bonds is 10. The van der Waals surface area contributed by atoms with E-state index >= 15 is 0 Å². The fourth-order valence-electron chi connectivity index (χ4n) is 3.60. The van der Waals surface area contributed by atoms with Gasteiger partial charge in [0, 0.05) is 18.1 Å². The number of likely N-dealkylation sites (N-methyl/N-ethyl adjacent to an activating group) is 1. The van der Waals surface area contributed by atoms with Crippen molar-refractivity contribution in [3.05, 3.63) is 95.3 Å². The zero-order chi connectivity index (χ0) is 26.3. The number of carbonyl (C=O) groups is 2. The first-order valence-corrected chi connectivity index (χ1v) is 13.1. The highest BCUT2D eigenvalue weighted by atomic mass is 35.5. The second-order valence-corrected chi connectivity index (χ2v) is 10.2. The number of anilines is 1. The van der Waals surface area contributed by atoms with E-state index in [1.54, 1.807) is 44.2 Å². The van der Waals surface area contributed by atoms with Crippen molar-refractivity contribution in [3.8, 4) is 0 Å². The Labute approximate surface area is 215 Å². The van der Waals surface area contributed by atoms with Crippen molar-refractivity contribution in [2.75, 3.05) is 17.4 Å². The summed E-state index contributed by atoms with van der Waals surface area (Å²) in [4.78, 5) is 27.5. The summed E-state index contributed by atoms with van der Waals surface area (Å²) in [5.74, 6) is -1.92. The molecule has 0 saturated heterocycles. The first kappa shape index (κ1) is 27.2. The third-order valence-electron chi connectivity index (χ3n) is 5.55. The van der Waals surface area contributed by atoms with Gasteiger partial charge < -0.3 is 10.2 Å². The van der Waals surface area contributed by atoms with Gasteiger partial charge in [0.05, 0.1) is 10.6 Å². The Morgan fingerprint density at radius 2 is 1.58 bits per heavy atom. The maximum absolute atomic E-state index is 14.8. The van der Waals surface area contributed by atoms with Crippen LogP contribution in [0.1, 0.15) is 19.4 Å². The van der Waals surface area contributed by atoms with Gasteiger partial charge in [-0.2, -0.15) is 0 Å². The number of nitrogens with zero attached hydrogens (tertiary/aromatic N) is 2. The van der Waals surface area contributed by atoms with E-state index in [4.69, 9.17) is 11.6 Å². The minimum atomic E-state index is -4.32. The molecule has 0 aliphatic rings. The van der Waals surface area contributed by atoms with Gasteiger partial charge in [-0.15, -0.1) is 0 Å². The molecular formula is C26H27ClFN3O4S. The third kappa shape index (κ3) is 6.22. The van der Waals surface area contributed by atoms with E-state index in [-0.39, 0.29) is 17.1 Å². The minimum Gasteiger partial charge on any atom is -0.355 e. The lowest BCUT2D eigenvalue weighted by Crippen LogP contribution is -2.51. The maximum atomic E-state index is 14.8. The van der Waals surface area contributed by atoms with Crippen LogP contribution in [-0.4, -0.2) is 44.3 Å². The predicted molar refractivity (Wildman–Crippen MR) is 138 cm³/mol. The van der Waals surface area contributed by atoms with Gasteiger partial charge >= 0.3 is 0 Å². The average molecular weight is 532 g/mol. The molecule has 0 saturated carbocycles. The van der Waals surface area contributed by atoms with Gasteiger partial charge in [0.1, 0.15) is 18.4 Å². The number of amides is 2. The second kappa shape index (κ2) is 12.0. The van der Waals surface area contributed by atoms with Crippen LogP contribution in [0, 0.1) is 5.82 Å². The van der Waals surface area contributed by atoms with Gasteiger partial charge in [-0.05, 0) is 49.7 Å². The first-order valence-electron chi connectivity index (χ1n) is 11.3. The lowest BCUT2D eigenvalue weighted by Gasteiger charge is -2.32. The molecule has 0 spiro atoms. The molecule has 3 rings (SSSR count). The zero-order valence-electron chi connectivity index (χ0n) is 19.9. The van der Waals surface area contributed by atoms with Crippen molar-refractivity contribution in [2.45, 2.75) is 31.3 Å². The molecular weight excluding hydrogens is 505 g/mol. The highest BCUT2D eigenvalue weighted by Crippen LogP contribution is 2.27. The van der Waals surface area contributed by atoms with Crippen LogP contribution in [0.15, 0.2) is 83.8 Å². The summed E-state index contributed by atoms with van der Waals surface area (Å²) < 4.78 is 42.6. The molecule has 1 atom stereocenters. The molecule has 0 fully saturated rings. The molecule has 7 nitrogen and oxygen atoms in total. The third-order valence-corrected chi connectivity index (χ3v) is 7.69. The number of benzene rings is 3. The van der Waals surface area contributed by atoms with Crippen LogP contribution in [-0.2, 0) is 26.2 Å². The van der Waals surface area contributed by atoms with Crippen molar-refractivity contribution in [1.82, 2.24) is 10.2 Å². The Morgan fingerprint density at radius 3 is 2.22 bits per heavy atom. The molecule has 1 unspecified atom stereocenters. The Kier molecular flexibility index (Phi) is 9.06. The van der Waals surface area contributed by atoms with Crippen LogP contribution in [0.5, 0.6) is 0 Å². The van der Waals surface area contributed by atoms with Crippen molar-refractivity contribution in [2.24, 2.45) is 0 Å². The van der Waals surface area contributed by atoms with Gasteiger partial charge in [0.2, 0.25) is 11.8 Å². The second-order valence-electron chi connectivity index (χ2n) is 7.96. The van der Waals surface area contributed by atoms with Crippen LogP contribution in [0.25, 0.3) is 0 Å². The summed E-state index contributed by atoms with van der Waals surface area (Å²) in [6.45, 7) is 2.86. The average Bonchev–Trinajstić information content (AvgIpc) is 2.87. The topological polar surface area (TPSA) is 86.8 Å². The van der Waals surface area contributed by atoms with E-state index in [0.29, 0.717) is 17.1 Å². The Bertz CT molecular complexity index is 1320. The smallest absolute Gasteiger partial charge is 0.264 e. The molecule has 190 valence electrons. The van der Waals surface area contributed by atoms with E-state index in [9.17, 15) is 22.4 Å². The standard InChI is InChI=1S/C26H27ClFN3O4S/c1-3-29-26(33)19(2)30(17-20-11-7-8-14-22(20)27)25(32)18-31(24-16-10-9-15-23(24)28)36(34,35)21-12-5-4-6-13-21/h4-16,19H,3,17-18H2,1-2H3,(H,29,33). The first-order chi connectivity index (χ1) is 17.2. The summed E-state index contributed by atoms with van der Waals surface area (Å²) in [5.41, 5.74) is 0.296. The Hall–Kier alpha value is -3.43. The summed E-state index contributed by atoms with van der Waals surface area (Å²) >= 11 is 6.30. The highest BCUT2D eigenvalue weighted by Gasteiger charge is 2.33. The van der Waals surface area contributed by atoms with Gasteiger partial charge in [0.15, 0.2) is 0 Å². The molecule has 0 aromatic heterocycles. The number of nitrogens with one attached hydrogen (secondary N) is 1. The van der Waals surface area contributed by atoms with E-state index in [1.165, 1.54) is 47.4 Å². The lowest BCUT2D eigenvalue weighted by atomic mass is 10.1. The van der Waals surface area contributed by atoms with Crippen LogP contribution in [0.3, 0.4) is 0 Å². The normalized spacial score (nSPS) is 12.0. The molecule has 1 N–H and O–H groups in total. The van der Waals surface area contributed by atoms with Crippen molar-refractivity contribution in [1.29, 1.82) is 0 Å². The molecule has 3 aromatic carbocycles. The summed E-state index contributed by atoms with van der Waals surface area (Å²) in [6, 6.07) is 18.7. The van der Waals surface area contributed by atoms with Gasteiger partial charge in [-0.1, -0.05) is 60.1 Å². The number of hydrogen-bond acceptors (Lipinski definition) is 4. The summed E-state index contributed by atoms with van der Waals surface area (Å²) in [6.07, 6.45) is 0. The lowest BCUT2D eigenvalue weighted by molar-refractivity contribution is -0.139. The summed E-state index contributed by atoms with van der Waals surface area (Å²) in [7, 11) is -4.32. The largest absolute Gasteiger partial charge is 0.355 e. The van der Waals surface area contributed by atoms with Gasteiger partial charge in [0.25, 0.3) is 10.0 Å². The maximum Gasteiger partial charge on any atom is 0.264 e. The van der Waals surface area contributed by atoms with E-state index < -0.39 is 40.2 Å². The predicted octanol–water partition coefficient (Wildman–Crippen LogP) is 4.23. The van der Waals surface area contributed by atoms with Crippen LogP contribution >= 0.6 is 11.6 Å². The zero-order valence-corrected chi connectivity index (χ0v) is 21.5. The fraction of sp³-hybridized carbons (Fsp3) is 0.231. The van der Waals surface area contributed by atoms with E-state index in [2.05, 4.69) is 5.32 Å². The Balaban J connectivity index is 2.04. The van der Waals surface area contributed by atoms with Gasteiger partial charge in [-0.25, -0.2) is 12.8 Å². The monoisotopic (exact) mass is 531 g/mol. The Morgan fingerprint density at radius 1 is 0.972 bits per heavy atom. The quantitative estimate of drug-likeness (QED) is 0.424. The number of halogens is 2. The highest BCUT2D eigenvalue weighted by molar-refractivity contribution is 7.92. The SMILES string of the molecule is CCNC(=O)C(C)N(Cc1ccccc1Cl)C(=O)CN(c1ccccc1F)S(=O)(=O)c1ccccc1. The van der Waals surface area contributed by atoms with Crippen molar-refractivity contribution in [3.63, 3.8) is 0 Å². The number of hydrogen-bond donors (Lipinski definition) is 1.